The number of carbonyl (C=O) groups is 1. The molecule has 0 amide bonds. The van der Waals surface area contributed by atoms with E-state index < -0.39 is 50.0 Å². The van der Waals surface area contributed by atoms with Crippen LogP contribution in [0.5, 0.6) is 0 Å². The predicted octanol–water partition coefficient (Wildman–Crippen LogP) is 1.90. The molecule has 0 saturated carbocycles. The summed E-state index contributed by atoms with van der Waals surface area (Å²) in [6, 6.07) is -0.910. The number of allylic oxidation sites excluding steroid dienone is 5. The van der Waals surface area contributed by atoms with Gasteiger partial charge in [0.2, 0.25) is 0 Å². The Balaban J connectivity index is 5.08. The highest BCUT2D eigenvalue weighted by Gasteiger charge is 2.31. The number of carboxylic acids is 1. The van der Waals surface area contributed by atoms with E-state index in [0.29, 0.717) is 0 Å². The van der Waals surface area contributed by atoms with Crippen LogP contribution in [-0.4, -0.2) is 55.4 Å². The number of rotatable bonds is 14. The highest BCUT2D eigenvalue weighted by atomic mass is 31.2. The monoisotopic (exact) mass is 447 g/mol. The first kappa shape index (κ1) is 28.4. The molecule has 0 bridgehead atoms. The fourth-order valence-corrected chi connectivity index (χ4v) is 3.34. The Morgan fingerprint density at radius 2 is 1.67 bits per heavy atom. The van der Waals surface area contributed by atoms with Gasteiger partial charge >= 0.3 is 13.8 Å². The lowest BCUT2D eigenvalue weighted by molar-refractivity contribution is -0.131. The van der Waals surface area contributed by atoms with E-state index in [4.69, 9.17) is 15.4 Å². The molecule has 0 aromatic rings. The summed E-state index contributed by atoms with van der Waals surface area (Å²) in [6.45, 7) is 5.15. The predicted molar refractivity (Wildman–Crippen MR) is 114 cm³/mol. The van der Waals surface area contributed by atoms with E-state index in [9.17, 15) is 29.4 Å². The molecule has 0 aliphatic carbocycles. The van der Waals surface area contributed by atoms with Crippen molar-refractivity contribution in [3.05, 3.63) is 48.6 Å². The fraction of sp³-hybridized carbons (Fsp3) is 0.550. The SMILES string of the molecule is C/C=C/C=C\C=C/[C@H](O)[C@H](C)[C@H](CC[C@H](C)[C@H](O)[C@@H](N)/C=C\C(=O)O)OP(=O)(O)O. The summed E-state index contributed by atoms with van der Waals surface area (Å²) in [5.74, 6) is -2.24. The van der Waals surface area contributed by atoms with Crippen molar-refractivity contribution in [2.45, 2.75) is 58.0 Å². The van der Waals surface area contributed by atoms with E-state index >= 15 is 0 Å². The Hall–Kier alpha value is -1.58. The summed E-state index contributed by atoms with van der Waals surface area (Å²) < 4.78 is 16.2. The molecule has 9 nitrogen and oxygen atoms in total. The van der Waals surface area contributed by atoms with E-state index in [2.05, 4.69) is 0 Å². The first-order valence-electron chi connectivity index (χ1n) is 9.62. The Morgan fingerprint density at radius 1 is 1.07 bits per heavy atom. The molecule has 10 heteroatoms. The quantitative estimate of drug-likeness (QED) is 0.132. The molecule has 30 heavy (non-hydrogen) atoms. The molecule has 0 aliphatic heterocycles. The highest BCUT2D eigenvalue weighted by molar-refractivity contribution is 7.46. The summed E-state index contributed by atoms with van der Waals surface area (Å²) in [7, 11) is -4.80. The molecule has 6 atom stereocenters. The molecule has 0 unspecified atom stereocenters. The number of phosphoric acid groups is 1. The summed E-state index contributed by atoms with van der Waals surface area (Å²) in [5, 5.41) is 29.2. The standard InChI is InChI=1S/C20H34NO8P/c1-4-5-6-7-8-9-17(22)15(3)18(29-30(26,27)28)12-10-14(2)20(25)16(21)11-13-19(23)24/h4-9,11,13-18,20,22,25H,10,12,21H2,1-3H3,(H,23,24)(H2,26,27,28)/b5-4+,7-6-,9-8-,13-11-/t14-,15-,16-,17-,18-,20-/m0/s1. The Kier molecular flexibility index (Phi) is 13.7. The lowest BCUT2D eigenvalue weighted by atomic mass is 9.88. The molecular formula is C20H34NO8P. The Bertz CT molecular complexity index is 670. The number of nitrogens with two attached hydrogens (primary N) is 1. The van der Waals surface area contributed by atoms with Crippen LogP contribution in [-0.2, 0) is 13.9 Å². The molecular weight excluding hydrogens is 413 g/mol. The van der Waals surface area contributed by atoms with Gasteiger partial charge in [-0.2, -0.15) is 0 Å². The number of phosphoric ester groups is 1. The van der Waals surface area contributed by atoms with Gasteiger partial charge in [-0.15, -0.1) is 0 Å². The molecule has 0 spiro atoms. The average molecular weight is 447 g/mol. The summed E-state index contributed by atoms with van der Waals surface area (Å²) in [4.78, 5) is 29.0. The second-order valence-electron chi connectivity index (χ2n) is 7.10. The number of hydrogen-bond acceptors (Lipinski definition) is 6. The molecule has 0 rings (SSSR count). The molecule has 0 aromatic carbocycles. The van der Waals surface area contributed by atoms with Gasteiger partial charge in [0.25, 0.3) is 0 Å². The fourth-order valence-electron chi connectivity index (χ4n) is 2.69. The van der Waals surface area contributed by atoms with Gasteiger partial charge in [0.15, 0.2) is 0 Å². The maximum Gasteiger partial charge on any atom is 0.469 e. The molecule has 0 radical (unpaired) electrons. The van der Waals surface area contributed by atoms with Crippen molar-refractivity contribution in [3.8, 4) is 0 Å². The van der Waals surface area contributed by atoms with Crippen LogP contribution in [0.1, 0.15) is 33.6 Å². The number of aliphatic hydroxyl groups excluding tert-OH is 2. The number of carboxylic acid groups (broad SMARTS) is 1. The largest absolute Gasteiger partial charge is 0.478 e. The van der Waals surface area contributed by atoms with Crippen molar-refractivity contribution in [2.75, 3.05) is 0 Å². The summed E-state index contributed by atoms with van der Waals surface area (Å²) in [5.41, 5.74) is 5.76. The third-order valence-corrected chi connectivity index (χ3v) is 5.12. The molecule has 0 aliphatic rings. The Morgan fingerprint density at radius 3 is 2.20 bits per heavy atom. The minimum Gasteiger partial charge on any atom is -0.478 e. The van der Waals surface area contributed by atoms with Crippen molar-refractivity contribution < 1.29 is 39.0 Å². The van der Waals surface area contributed by atoms with E-state index in [1.807, 2.05) is 19.1 Å². The Labute approximate surface area is 177 Å². The zero-order valence-electron chi connectivity index (χ0n) is 17.5. The van der Waals surface area contributed by atoms with E-state index in [-0.39, 0.29) is 12.8 Å². The highest BCUT2D eigenvalue weighted by Crippen LogP contribution is 2.41. The second-order valence-corrected chi connectivity index (χ2v) is 8.29. The van der Waals surface area contributed by atoms with Crippen molar-refractivity contribution in [1.29, 1.82) is 0 Å². The van der Waals surface area contributed by atoms with Crippen molar-refractivity contribution in [2.24, 2.45) is 17.6 Å². The summed E-state index contributed by atoms with van der Waals surface area (Å²) in [6.07, 6.45) is 9.61. The number of hydrogen-bond donors (Lipinski definition) is 6. The molecule has 172 valence electrons. The third-order valence-electron chi connectivity index (χ3n) is 4.58. The topological polar surface area (TPSA) is 171 Å². The van der Waals surface area contributed by atoms with Crippen molar-refractivity contribution in [3.63, 3.8) is 0 Å². The van der Waals surface area contributed by atoms with Gasteiger partial charge in [0.05, 0.1) is 18.3 Å². The third kappa shape index (κ3) is 12.9. The van der Waals surface area contributed by atoms with Crippen LogP contribution in [0.2, 0.25) is 0 Å². The van der Waals surface area contributed by atoms with Gasteiger partial charge in [-0.05, 0) is 25.7 Å². The maximum absolute atomic E-state index is 11.4. The van der Waals surface area contributed by atoms with Crippen LogP contribution in [0.4, 0.5) is 0 Å². The van der Waals surface area contributed by atoms with Crippen LogP contribution in [0.3, 0.4) is 0 Å². The minimum absolute atomic E-state index is 0.138. The molecule has 7 N–H and O–H groups in total. The lowest BCUT2D eigenvalue weighted by Gasteiger charge is -2.29. The average Bonchev–Trinajstić information content (AvgIpc) is 2.66. The van der Waals surface area contributed by atoms with Crippen LogP contribution in [0, 0.1) is 11.8 Å². The zero-order chi connectivity index (χ0) is 23.3. The van der Waals surface area contributed by atoms with Crippen LogP contribution in [0.25, 0.3) is 0 Å². The van der Waals surface area contributed by atoms with Crippen molar-refractivity contribution in [1.82, 2.24) is 0 Å². The van der Waals surface area contributed by atoms with Crippen molar-refractivity contribution >= 4 is 13.8 Å². The normalized spacial score (nSPS) is 19.5. The minimum atomic E-state index is -4.80. The van der Waals surface area contributed by atoms with Crippen LogP contribution in [0.15, 0.2) is 48.6 Å². The van der Waals surface area contributed by atoms with E-state index in [0.717, 1.165) is 6.08 Å². The first-order chi connectivity index (χ1) is 13.9. The van der Waals surface area contributed by atoms with Gasteiger partial charge in [-0.25, -0.2) is 9.36 Å². The number of aliphatic hydroxyl groups is 2. The van der Waals surface area contributed by atoms with Crippen LogP contribution < -0.4 is 5.73 Å². The van der Waals surface area contributed by atoms with E-state index in [1.54, 1.807) is 32.1 Å². The lowest BCUT2D eigenvalue weighted by Crippen LogP contribution is -2.38. The molecule has 0 fully saturated rings. The molecule has 0 heterocycles. The molecule has 0 aromatic heterocycles. The number of aliphatic carboxylic acids is 1. The zero-order valence-corrected chi connectivity index (χ0v) is 18.4. The first-order valence-corrected chi connectivity index (χ1v) is 11.1. The summed E-state index contributed by atoms with van der Waals surface area (Å²) >= 11 is 0. The van der Waals surface area contributed by atoms with Gasteiger partial charge in [0.1, 0.15) is 0 Å². The smallest absolute Gasteiger partial charge is 0.469 e. The second kappa shape index (κ2) is 14.4. The van der Waals surface area contributed by atoms with Gasteiger partial charge in [-0.3, -0.25) is 4.52 Å². The van der Waals surface area contributed by atoms with E-state index in [1.165, 1.54) is 12.2 Å². The van der Waals surface area contributed by atoms with Gasteiger partial charge in [-0.1, -0.05) is 56.4 Å². The van der Waals surface area contributed by atoms with Gasteiger partial charge < -0.3 is 30.8 Å². The molecule has 0 saturated heterocycles. The van der Waals surface area contributed by atoms with Gasteiger partial charge in [0, 0.05) is 18.0 Å². The maximum atomic E-state index is 11.4. The van der Waals surface area contributed by atoms with Crippen LogP contribution >= 0.6 is 7.82 Å².